The van der Waals surface area contributed by atoms with Crippen molar-refractivity contribution in [1.82, 2.24) is 9.55 Å². The molecule has 1 aromatic heterocycles. The maximum atomic E-state index is 11.4. The first-order valence-electron chi connectivity index (χ1n) is 4.27. The third-order valence-electron chi connectivity index (χ3n) is 1.91. The summed E-state index contributed by atoms with van der Waals surface area (Å²) in [4.78, 5) is 15.0. The van der Waals surface area contributed by atoms with Crippen LogP contribution in [0.4, 0.5) is 5.69 Å². The molecule has 0 amide bonds. The van der Waals surface area contributed by atoms with Crippen molar-refractivity contribution in [2.75, 3.05) is 5.73 Å². The number of halogens is 1. The molecule has 0 unspecified atom stereocenters. The zero-order valence-corrected chi connectivity index (χ0v) is 8.48. The molecule has 0 saturated carbocycles. The Morgan fingerprint density at radius 3 is 2.60 bits per heavy atom. The van der Waals surface area contributed by atoms with Crippen molar-refractivity contribution in [2.45, 2.75) is 0 Å². The average molecular weight is 222 g/mol. The minimum atomic E-state index is -0.369. The van der Waals surface area contributed by atoms with Crippen LogP contribution in [0.2, 0.25) is 5.02 Å². The number of nitrogen functional groups attached to an aromatic ring is 1. The quantitative estimate of drug-likeness (QED) is 0.793. The highest BCUT2D eigenvalue weighted by molar-refractivity contribution is 6.30. The molecule has 0 spiro atoms. The van der Waals surface area contributed by atoms with E-state index in [-0.39, 0.29) is 5.69 Å². The van der Waals surface area contributed by atoms with Crippen LogP contribution in [0.15, 0.2) is 41.5 Å². The van der Waals surface area contributed by atoms with Gasteiger partial charge < -0.3 is 5.73 Å². The van der Waals surface area contributed by atoms with Crippen LogP contribution in [0.1, 0.15) is 0 Å². The highest BCUT2D eigenvalue weighted by Crippen LogP contribution is 2.12. The molecule has 0 saturated heterocycles. The Morgan fingerprint density at radius 1 is 1.27 bits per heavy atom. The third kappa shape index (κ3) is 1.99. The van der Waals surface area contributed by atoms with Gasteiger partial charge in [-0.05, 0) is 24.3 Å². The Hall–Kier alpha value is -1.81. The van der Waals surface area contributed by atoms with Crippen LogP contribution in [-0.4, -0.2) is 9.55 Å². The van der Waals surface area contributed by atoms with Crippen molar-refractivity contribution < 1.29 is 0 Å². The average Bonchev–Trinajstić information content (AvgIpc) is 2.23. The Balaban J connectivity index is 2.58. The van der Waals surface area contributed by atoms with E-state index in [0.717, 1.165) is 0 Å². The van der Waals surface area contributed by atoms with E-state index in [2.05, 4.69) is 4.98 Å². The molecule has 76 valence electrons. The molecule has 0 aliphatic rings. The van der Waals surface area contributed by atoms with E-state index in [1.807, 2.05) is 0 Å². The second-order valence-corrected chi connectivity index (χ2v) is 3.45. The van der Waals surface area contributed by atoms with Crippen molar-refractivity contribution in [1.29, 1.82) is 0 Å². The number of nitrogens with two attached hydrogens (primary N) is 1. The molecule has 5 heteroatoms. The standard InChI is InChI=1S/C10H8ClN3O/c11-7-1-3-9(4-2-7)14-6-8(12)5-13-10(14)15/h1-6H,12H2. The number of aromatic nitrogens is 2. The van der Waals surface area contributed by atoms with Crippen LogP contribution in [0.5, 0.6) is 0 Å². The van der Waals surface area contributed by atoms with Gasteiger partial charge >= 0.3 is 5.69 Å². The molecule has 15 heavy (non-hydrogen) atoms. The fourth-order valence-corrected chi connectivity index (χ4v) is 1.34. The molecule has 1 heterocycles. The molecular weight excluding hydrogens is 214 g/mol. The molecule has 2 aromatic rings. The van der Waals surface area contributed by atoms with Crippen LogP contribution in [0.3, 0.4) is 0 Å². The van der Waals surface area contributed by atoms with Gasteiger partial charge in [-0.2, -0.15) is 4.98 Å². The van der Waals surface area contributed by atoms with Gasteiger partial charge in [0.15, 0.2) is 0 Å². The van der Waals surface area contributed by atoms with Gasteiger partial charge in [0.25, 0.3) is 0 Å². The monoisotopic (exact) mass is 221 g/mol. The number of benzene rings is 1. The van der Waals surface area contributed by atoms with Crippen molar-refractivity contribution >= 4 is 17.3 Å². The second kappa shape index (κ2) is 3.74. The van der Waals surface area contributed by atoms with E-state index in [1.165, 1.54) is 17.0 Å². The van der Waals surface area contributed by atoms with Crippen molar-refractivity contribution in [3.8, 4) is 5.69 Å². The molecule has 0 atom stereocenters. The molecule has 4 nitrogen and oxygen atoms in total. The Labute approximate surface area is 90.9 Å². The molecule has 0 aliphatic carbocycles. The van der Waals surface area contributed by atoms with Crippen LogP contribution in [0.25, 0.3) is 5.69 Å². The van der Waals surface area contributed by atoms with Gasteiger partial charge in [-0.25, -0.2) is 4.79 Å². The maximum Gasteiger partial charge on any atom is 0.352 e. The highest BCUT2D eigenvalue weighted by Gasteiger charge is 2.00. The van der Waals surface area contributed by atoms with Gasteiger partial charge in [0.2, 0.25) is 0 Å². The fourth-order valence-electron chi connectivity index (χ4n) is 1.22. The maximum absolute atomic E-state index is 11.4. The van der Waals surface area contributed by atoms with Crippen molar-refractivity contribution in [3.63, 3.8) is 0 Å². The van der Waals surface area contributed by atoms with Crippen LogP contribution >= 0.6 is 11.6 Å². The Kier molecular flexibility index (Phi) is 2.43. The molecule has 0 fully saturated rings. The number of anilines is 1. The van der Waals surface area contributed by atoms with E-state index in [0.29, 0.717) is 16.4 Å². The third-order valence-corrected chi connectivity index (χ3v) is 2.17. The molecule has 2 N–H and O–H groups in total. The predicted octanol–water partition coefficient (Wildman–Crippen LogP) is 1.47. The van der Waals surface area contributed by atoms with Crippen LogP contribution in [0, 0.1) is 0 Å². The number of hydrogen-bond donors (Lipinski definition) is 1. The zero-order chi connectivity index (χ0) is 10.8. The summed E-state index contributed by atoms with van der Waals surface area (Å²) in [6.45, 7) is 0. The molecular formula is C10H8ClN3O. The lowest BCUT2D eigenvalue weighted by atomic mass is 10.3. The molecule has 1 aromatic carbocycles. The van der Waals surface area contributed by atoms with Gasteiger partial charge in [-0.3, -0.25) is 4.57 Å². The first kappa shape index (κ1) is 9.73. The summed E-state index contributed by atoms with van der Waals surface area (Å²) in [5, 5.41) is 0.615. The van der Waals surface area contributed by atoms with Gasteiger partial charge in [0, 0.05) is 11.2 Å². The Bertz CT molecular complexity index is 533. The van der Waals surface area contributed by atoms with Gasteiger partial charge in [-0.1, -0.05) is 11.6 Å². The van der Waals surface area contributed by atoms with E-state index in [9.17, 15) is 4.79 Å². The highest BCUT2D eigenvalue weighted by atomic mass is 35.5. The molecule has 0 radical (unpaired) electrons. The lowest BCUT2D eigenvalue weighted by molar-refractivity contribution is 0.918. The SMILES string of the molecule is Nc1cnc(=O)n(-c2ccc(Cl)cc2)c1. The van der Waals surface area contributed by atoms with Gasteiger partial charge in [-0.15, -0.1) is 0 Å². The summed E-state index contributed by atoms with van der Waals surface area (Å²) < 4.78 is 1.37. The van der Waals surface area contributed by atoms with Crippen molar-refractivity contribution in [3.05, 3.63) is 52.2 Å². The van der Waals surface area contributed by atoms with Crippen molar-refractivity contribution in [2.24, 2.45) is 0 Å². The smallest absolute Gasteiger partial charge is 0.352 e. The number of nitrogens with zero attached hydrogens (tertiary/aromatic N) is 2. The summed E-state index contributed by atoms with van der Waals surface area (Å²) in [5.41, 5.74) is 6.30. The normalized spacial score (nSPS) is 10.2. The first-order valence-corrected chi connectivity index (χ1v) is 4.65. The minimum Gasteiger partial charge on any atom is -0.396 e. The van der Waals surface area contributed by atoms with E-state index >= 15 is 0 Å². The first-order chi connectivity index (χ1) is 7.16. The predicted molar refractivity (Wildman–Crippen MR) is 59.3 cm³/mol. The van der Waals surface area contributed by atoms with Crippen LogP contribution in [-0.2, 0) is 0 Å². The van der Waals surface area contributed by atoms with E-state index < -0.39 is 0 Å². The molecule has 0 bridgehead atoms. The van der Waals surface area contributed by atoms with Gasteiger partial charge in [0.05, 0.1) is 17.6 Å². The summed E-state index contributed by atoms with van der Waals surface area (Å²) in [7, 11) is 0. The lowest BCUT2D eigenvalue weighted by Crippen LogP contribution is -2.20. The summed E-state index contributed by atoms with van der Waals surface area (Å²) >= 11 is 5.74. The number of hydrogen-bond acceptors (Lipinski definition) is 3. The zero-order valence-electron chi connectivity index (χ0n) is 7.72. The Morgan fingerprint density at radius 2 is 1.93 bits per heavy atom. The summed E-state index contributed by atoms with van der Waals surface area (Å²) in [6.07, 6.45) is 2.85. The number of rotatable bonds is 1. The van der Waals surface area contributed by atoms with Gasteiger partial charge in [0.1, 0.15) is 0 Å². The van der Waals surface area contributed by atoms with E-state index in [4.69, 9.17) is 17.3 Å². The molecule has 0 aliphatic heterocycles. The van der Waals surface area contributed by atoms with Crippen LogP contribution < -0.4 is 11.4 Å². The topological polar surface area (TPSA) is 60.9 Å². The van der Waals surface area contributed by atoms with E-state index in [1.54, 1.807) is 24.3 Å². The summed E-state index contributed by atoms with van der Waals surface area (Å²) in [5.74, 6) is 0. The lowest BCUT2D eigenvalue weighted by Gasteiger charge is -2.04. The minimum absolute atomic E-state index is 0.369. The largest absolute Gasteiger partial charge is 0.396 e. The molecule has 2 rings (SSSR count). The summed E-state index contributed by atoms with van der Waals surface area (Å²) in [6, 6.07) is 6.86. The second-order valence-electron chi connectivity index (χ2n) is 3.02. The fraction of sp³-hybridized carbons (Fsp3) is 0.